The Bertz CT molecular complexity index is 485. The molecule has 0 aliphatic heterocycles. The third kappa shape index (κ3) is 2.28. The summed E-state index contributed by atoms with van der Waals surface area (Å²) in [6.45, 7) is 2.00. The molecule has 0 unspecified atom stereocenters. The zero-order valence-corrected chi connectivity index (χ0v) is 9.73. The van der Waals surface area contributed by atoms with Gasteiger partial charge in [0, 0.05) is 16.5 Å². The van der Waals surface area contributed by atoms with E-state index in [0.717, 1.165) is 5.56 Å². The molecule has 0 atom stereocenters. The van der Waals surface area contributed by atoms with Crippen molar-refractivity contribution < 1.29 is 4.79 Å². The highest BCUT2D eigenvalue weighted by Gasteiger charge is 2.10. The molecule has 2 aromatic rings. The number of hydrogen-bond acceptors (Lipinski definition) is 2. The molecule has 1 nitrogen and oxygen atoms in total. The predicted octanol–water partition coefficient (Wildman–Crippen LogP) is 3.94. The van der Waals surface area contributed by atoms with Crippen molar-refractivity contribution in [3.63, 3.8) is 0 Å². The fraction of sp³-hybridized carbons (Fsp3) is 0.0833. The third-order valence-corrected chi connectivity index (χ3v) is 3.23. The molecule has 0 fully saturated rings. The van der Waals surface area contributed by atoms with Gasteiger partial charge in [-0.25, -0.2) is 0 Å². The summed E-state index contributed by atoms with van der Waals surface area (Å²) in [7, 11) is 0. The van der Waals surface area contributed by atoms with E-state index in [1.807, 2.05) is 31.2 Å². The van der Waals surface area contributed by atoms with Crippen LogP contribution < -0.4 is 0 Å². The molecule has 1 aromatic carbocycles. The number of aryl methyl sites for hydroxylation is 1. The topological polar surface area (TPSA) is 17.1 Å². The number of benzene rings is 1. The molecule has 0 saturated heterocycles. The summed E-state index contributed by atoms with van der Waals surface area (Å²) < 4.78 is 0.644. The summed E-state index contributed by atoms with van der Waals surface area (Å²) >= 11 is 7.16. The summed E-state index contributed by atoms with van der Waals surface area (Å²) in [5.41, 5.74) is 2.51. The van der Waals surface area contributed by atoms with Gasteiger partial charge in [-0.3, -0.25) is 4.79 Å². The second kappa shape index (κ2) is 4.17. The molecule has 3 heteroatoms. The lowest BCUT2D eigenvalue weighted by Crippen LogP contribution is -1.98. The van der Waals surface area contributed by atoms with Gasteiger partial charge in [0.15, 0.2) is 5.78 Å². The maximum atomic E-state index is 11.9. The molecule has 0 spiro atoms. The van der Waals surface area contributed by atoms with Crippen molar-refractivity contribution in [3.8, 4) is 0 Å². The molecule has 1 heterocycles. The number of thiophene rings is 1. The number of ketones is 1. The molecule has 0 radical (unpaired) electrons. The van der Waals surface area contributed by atoms with Crippen LogP contribution in [-0.2, 0) is 0 Å². The molecule has 0 saturated carbocycles. The Hall–Kier alpha value is -1.12. The Kier molecular flexibility index (Phi) is 2.89. The van der Waals surface area contributed by atoms with Gasteiger partial charge in [-0.15, -0.1) is 11.3 Å². The molecule has 76 valence electrons. The van der Waals surface area contributed by atoms with Crippen LogP contribution in [0, 0.1) is 6.92 Å². The lowest BCUT2D eigenvalue weighted by molar-refractivity contribution is 0.103. The van der Waals surface area contributed by atoms with Crippen LogP contribution in [0.5, 0.6) is 0 Å². The fourth-order valence-electron chi connectivity index (χ4n) is 1.30. The normalized spacial score (nSPS) is 10.3. The first-order valence-electron chi connectivity index (χ1n) is 4.52. The molecular weight excluding hydrogens is 228 g/mol. The minimum absolute atomic E-state index is 0.0261. The van der Waals surface area contributed by atoms with E-state index < -0.39 is 0 Å². The van der Waals surface area contributed by atoms with Crippen molar-refractivity contribution >= 4 is 28.7 Å². The van der Waals surface area contributed by atoms with Gasteiger partial charge in [-0.05, 0) is 13.0 Å². The Morgan fingerprint density at radius 1 is 1.20 bits per heavy atom. The third-order valence-electron chi connectivity index (χ3n) is 2.14. The van der Waals surface area contributed by atoms with Gasteiger partial charge in [0.25, 0.3) is 0 Å². The molecule has 0 aliphatic rings. The van der Waals surface area contributed by atoms with Gasteiger partial charge in [-0.1, -0.05) is 41.4 Å². The fourth-order valence-corrected chi connectivity index (χ4v) is 2.16. The molecule has 0 N–H and O–H groups in total. The quantitative estimate of drug-likeness (QED) is 0.722. The lowest BCUT2D eigenvalue weighted by atomic mass is 10.1. The van der Waals surface area contributed by atoms with Crippen molar-refractivity contribution in [2.75, 3.05) is 0 Å². The number of hydrogen-bond donors (Lipinski definition) is 0. The van der Waals surface area contributed by atoms with E-state index in [1.54, 1.807) is 11.4 Å². The Morgan fingerprint density at radius 2 is 1.87 bits per heavy atom. The minimum atomic E-state index is 0.0261. The summed E-state index contributed by atoms with van der Waals surface area (Å²) in [6.07, 6.45) is 0. The summed E-state index contributed by atoms with van der Waals surface area (Å²) in [5, 5.41) is 1.78. The van der Waals surface area contributed by atoms with Crippen LogP contribution in [0.1, 0.15) is 21.5 Å². The summed E-state index contributed by atoms with van der Waals surface area (Å²) in [5.74, 6) is 0.0261. The van der Waals surface area contributed by atoms with Gasteiger partial charge < -0.3 is 0 Å². The molecule has 0 bridgehead atoms. The van der Waals surface area contributed by atoms with Crippen LogP contribution in [0.3, 0.4) is 0 Å². The largest absolute Gasteiger partial charge is 0.289 e. The standard InChI is InChI=1S/C12H9ClOS/c1-8-2-4-9(5-3-8)12(14)10-6-11(13)15-7-10/h2-7H,1H3. The van der Waals surface area contributed by atoms with E-state index in [1.165, 1.54) is 11.3 Å². The number of halogens is 1. The monoisotopic (exact) mass is 236 g/mol. The van der Waals surface area contributed by atoms with E-state index in [0.29, 0.717) is 15.5 Å². The van der Waals surface area contributed by atoms with Gasteiger partial charge in [0.05, 0.1) is 4.34 Å². The van der Waals surface area contributed by atoms with Crippen molar-refractivity contribution in [2.24, 2.45) is 0 Å². The molecular formula is C12H9ClOS. The van der Waals surface area contributed by atoms with Gasteiger partial charge in [-0.2, -0.15) is 0 Å². The van der Waals surface area contributed by atoms with Crippen molar-refractivity contribution in [3.05, 3.63) is 56.7 Å². The van der Waals surface area contributed by atoms with Gasteiger partial charge >= 0.3 is 0 Å². The van der Waals surface area contributed by atoms with Crippen LogP contribution in [0.25, 0.3) is 0 Å². The Morgan fingerprint density at radius 3 is 2.40 bits per heavy atom. The number of rotatable bonds is 2. The molecule has 1 aromatic heterocycles. The highest BCUT2D eigenvalue weighted by molar-refractivity contribution is 7.14. The van der Waals surface area contributed by atoms with E-state index in [9.17, 15) is 4.79 Å². The summed E-state index contributed by atoms with van der Waals surface area (Å²) in [6, 6.07) is 9.24. The van der Waals surface area contributed by atoms with Crippen molar-refractivity contribution in [2.45, 2.75) is 6.92 Å². The predicted molar refractivity (Wildman–Crippen MR) is 63.9 cm³/mol. The van der Waals surface area contributed by atoms with E-state index in [2.05, 4.69) is 0 Å². The van der Waals surface area contributed by atoms with Crippen molar-refractivity contribution in [1.82, 2.24) is 0 Å². The SMILES string of the molecule is Cc1ccc(C(=O)c2csc(Cl)c2)cc1. The second-order valence-electron chi connectivity index (χ2n) is 3.33. The average Bonchev–Trinajstić information content (AvgIpc) is 2.65. The maximum Gasteiger partial charge on any atom is 0.193 e. The lowest BCUT2D eigenvalue weighted by Gasteiger charge is -1.98. The first kappa shape index (κ1) is 10.4. The van der Waals surface area contributed by atoms with E-state index >= 15 is 0 Å². The van der Waals surface area contributed by atoms with Crippen LogP contribution in [0.15, 0.2) is 35.7 Å². The van der Waals surface area contributed by atoms with Crippen LogP contribution in [-0.4, -0.2) is 5.78 Å². The Labute approximate surface area is 97.3 Å². The first-order chi connectivity index (χ1) is 7.16. The van der Waals surface area contributed by atoms with E-state index in [4.69, 9.17) is 11.6 Å². The highest BCUT2D eigenvalue weighted by atomic mass is 35.5. The molecule has 15 heavy (non-hydrogen) atoms. The van der Waals surface area contributed by atoms with E-state index in [-0.39, 0.29) is 5.78 Å². The van der Waals surface area contributed by atoms with Gasteiger partial charge in [0.1, 0.15) is 0 Å². The summed E-state index contributed by atoms with van der Waals surface area (Å²) in [4.78, 5) is 11.9. The minimum Gasteiger partial charge on any atom is -0.289 e. The van der Waals surface area contributed by atoms with Crippen LogP contribution in [0.4, 0.5) is 0 Å². The van der Waals surface area contributed by atoms with Crippen LogP contribution >= 0.6 is 22.9 Å². The first-order valence-corrected chi connectivity index (χ1v) is 5.78. The Balaban J connectivity index is 2.32. The number of carbonyl (C=O) groups is 1. The highest BCUT2D eigenvalue weighted by Crippen LogP contribution is 2.22. The molecule has 2 rings (SSSR count). The second-order valence-corrected chi connectivity index (χ2v) is 4.88. The maximum absolute atomic E-state index is 11.9. The zero-order chi connectivity index (χ0) is 10.8. The van der Waals surface area contributed by atoms with Gasteiger partial charge in [0.2, 0.25) is 0 Å². The molecule has 0 amide bonds. The van der Waals surface area contributed by atoms with Crippen LogP contribution in [0.2, 0.25) is 4.34 Å². The average molecular weight is 237 g/mol. The number of carbonyl (C=O) groups excluding carboxylic acids is 1. The van der Waals surface area contributed by atoms with Crippen molar-refractivity contribution in [1.29, 1.82) is 0 Å². The molecule has 0 aliphatic carbocycles. The zero-order valence-electron chi connectivity index (χ0n) is 8.16. The smallest absolute Gasteiger partial charge is 0.193 e.